The number of anilines is 1. The molecule has 1 aliphatic carbocycles. The molecule has 3 aromatic rings. The van der Waals surface area contributed by atoms with Gasteiger partial charge in [0.25, 0.3) is 5.91 Å². The normalized spacial score (nSPS) is 18.2. The molecule has 1 amide bonds. The molecule has 1 unspecified atom stereocenters. The van der Waals surface area contributed by atoms with Crippen molar-refractivity contribution in [1.29, 1.82) is 0 Å². The topological polar surface area (TPSA) is 79.5 Å². The average Bonchev–Trinajstić information content (AvgIpc) is 3.56. The number of aliphatic hydroxyl groups excluding tert-OH is 1. The van der Waals surface area contributed by atoms with Crippen LogP contribution in [0.1, 0.15) is 64.0 Å². The lowest BCUT2D eigenvalue weighted by Gasteiger charge is -2.19. The van der Waals surface area contributed by atoms with Crippen LogP contribution in [0.25, 0.3) is 11.1 Å². The Bertz CT molecular complexity index is 1170. The van der Waals surface area contributed by atoms with Crippen LogP contribution in [0.4, 0.5) is 5.69 Å². The number of likely N-dealkylation sites (tertiary alicyclic amines) is 1. The van der Waals surface area contributed by atoms with Crippen molar-refractivity contribution in [1.82, 2.24) is 9.88 Å². The van der Waals surface area contributed by atoms with Crippen molar-refractivity contribution in [2.75, 3.05) is 18.8 Å². The summed E-state index contributed by atoms with van der Waals surface area (Å²) in [5, 5.41) is 10.1. The maximum Gasteiger partial charge on any atom is 0.272 e. The Balaban J connectivity index is 1.37. The molecule has 0 radical (unpaired) electrons. The zero-order chi connectivity index (χ0) is 22.2. The van der Waals surface area contributed by atoms with Crippen LogP contribution in [0.15, 0.2) is 54.6 Å². The molecule has 1 aliphatic heterocycles. The molecular weight excluding hydrogens is 398 g/mol. The zero-order valence-corrected chi connectivity index (χ0v) is 18.4. The van der Waals surface area contributed by atoms with Crippen LogP contribution in [-0.4, -0.2) is 34.0 Å². The molecule has 0 bridgehead atoms. The van der Waals surface area contributed by atoms with Crippen LogP contribution < -0.4 is 5.73 Å². The standard InChI is InChI=1S/C27H29N3O2/c1-17-25(28)10-11-26(29-17)27(32)30-13-12-20(15-30)22-9-8-19(14-21(22)16-31)24-5-3-2-4-23(24)18-6-7-18/h2-5,8-11,14,18,20,31H,6-7,12-13,15-16,28H2,1H3. The highest BCUT2D eigenvalue weighted by Crippen LogP contribution is 2.44. The number of aromatic nitrogens is 1. The predicted molar refractivity (Wildman–Crippen MR) is 126 cm³/mol. The second-order valence-electron chi connectivity index (χ2n) is 9.04. The molecular formula is C27H29N3O2. The number of hydrogen-bond donors (Lipinski definition) is 2. The molecule has 1 atom stereocenters. The highest BCUT2D eigenvalue weighted by molar-refractivity contribution is 5.93. The van der Waals surface area contributed by atoms with E-state index in [2.05, 4.69) is 47.4 Å². The Morgan fingerprint density at radius 1 is 1.06 bits per heavy atom. The van der Waals surface area contributed by atoms with Gasteiger partial charge in [0.15, 0.2) is 0 Å². The minimum Gasteiger partial charge on any atom is -0.397 e. The van der Waals surface area contributed by atoms with Crippen molar-refractivity contribution in [2.45, 2.75) is 44.6 Å². The number of hydrogen-bond acceptors (Lipinski definition) is 4. The third-order valence-corrected chi connectivity index (χ3v) is 6.86. The number of carbonyl (C=O) groups excluding carboxylic acids is 1. The summed E-state index contributed by atoms with van der Waals surface area (Å²) >= 11 is 0. The van der Waals surface area contributed by atoms with Gasteiger partial charge in [-0.05, 0) is 78.1 Å². The molecule has 2 heterocycles. The van der Waals surface area contributed by atoms with Crippen molar-refractivity contribution in [2.24, 2.45) is 0 Å². The molecule has 2 fully saturated rings. The van der Waals surface area contributed by atoms with Crippen LogP contribution in [0.3, 0.4) is 0 Å². The first-order valence-electron chi connectivity index (χ1n) is 11.4. The van der Waals surface area contributed by atoms with E-state index in [1.807, 2.05) is 11.8 Å². The lowest BCUT2D eigenvalue weighted by atomic mass is 9.89. The Kier molecular flexibility index (Phi) is 5.43. The summed E-state index contributed by atoms with van der Waals surface area (Å²) in [7, 11) is 0. The van der Waals surface area contributed by atoms with Gasteiger partial charge >= 0.3 is 0 Å². The van der Waals surface area contributed by atoms with Crippen LogP contribution in [-0.2, 0) is 6.61 Å². The largest absolute Gasteiger partial charge is 0.397 e. The van der Waals surface area contributed by atoms with Gasteiger partial charge < -0.3 is 15.7 Å². The minimum absolute atomic E-state index is 0.00206. The van der Waals surface area contributed by atoms with Gasteiger partial charge in [-0.1, -0.05) is 36.4 Å². The summed E-state index contributed by atoms with van der Waals surface area (Å²) in [5.74, 6) is 0.822. The number of benzene rings is 2. The molecule has 5 rings (SSSR count). The maximum atomic E-state index is 13.0. The fourth-order valence-electron chi connectivity index (χ4n) is 4.87. The quantitative estimate of drug-likeness (QED) is 0.622. The van der Waals surface area contributed by atoms with Gasteiger partial charge in [-0.25, -0.2) is 4.98 Å². The van der Waals surface area contributed by atoms with E-state index >= 15 is 0 Å². The van der Waals surface area contributed by atoms with Crippen LogP contribution in [0.5, 0.6) is 0 Å². The van der Waals surface area contributed by atoms with E-state index in [0.29, 0.717) is 36.1 Å². The SMILES string of the molecule is Cc1nc(C(=O)N2CCC(c3ccc(-c4ccccc4C4CC4)cc3CO)C2)ccc1N. The predicted octanol–water partition coefficient (Wildman–Crippen LogP) is 4.64. The third kappa shape index (κ3) is 3.89. The molecule has 164 valence electrons. The van der Waals surface area contributed by atoms with E-state index in [-0.39, 0.29) is 18.4 Å². The minimum atomic E-state index is -0.0591. The molecule has 0 spiro atoms. The summed E-state index contributed by atoms with van der Waals surface area (Å²) < 4.78 is 0. The van der Waals surface area contributed by atoms with E-state index in [4.69, 9.17) is 5.73 Å². The maximum absolute atomic E-state index is 13.0. The van der Waals surface area contributed by atoms with Gasteiger partial charge in [0.2, 0.25) is 0 Å². The molecule has 1 aromatic heterocycles. The van der Waals surface area contributed by atoms with E-state index in [0.717, 1.165) is 23.1 Å². The highest BCUT2D eigenvalue weighted by Gasteiger charge is 2.30. The number of pyridine rings is 1. The van der Waals surface area contributed by atoms with Gasteiger partial charge in [-0.15, -0.1) is 0 Å². The van der Waals surface area contributed by atoms with Gasteiger partial charge in [-0.2, -0.15) is 0 Å². The Morgan fingerprint density at radius 2 is 1.88 bits per heavy atom. The molecule has 5 heteroatoms. The van der Waals surface area contributed by atoms with E-state index in [1.54, 1.807) is 12.1 Å². The number of aryl methyl sites for hydroxylation is 1. The molecule has 2 aliphatic rings. The number of aliphatic hydroxyl groups is 1. The lowest BCUT2D eigenvalue weighted by Crippen LogP contribution is -2.29. The van der Waals surface area contributed by atoms with Crippen molar-refractivity contribution in [3.8, 4) is 11.1 Å². The molecule has 32 heavy (non-hydrogen) atoms. The number of nitrogens with zero attached hydrogens (tertiary/aromatic N) is 2. The Labute approximate surface area is 188 Å². The number of nitrogens with two attached hydrogens (primary N) is 1. The summed E-state index contributed by atoms with van der Waals surface area (Å²) in [5.41, 5.74) is 13.5. The fraction of sp³-hybridized carbons (Fsp3) is 0.333. The Hall–Kier alpha value is -3.18. The average molecular weight is 428 g/mol. The van der Waals surface area contributed by atoms with Crippen molar-refractivity contribution in [3.05, 3.63) is 82.7 Å². The van der Waals surface area contributed by atoms with E-state index in [1.165, 1.54) is 24.0 Å². The first-order chi connectivity index (χ1) is 15.5. The van der Waals surface area contributed by atoms with Gasteiger partial charge in [0.05, 0.1) is 18.0 Å². The third-order valence-electron chi connectivity index (χ3n) is 6.86. The van der Waals surface area contributed by atoms with Crippen molar-refractivity contribution in [3.63, 3.8) is 0 Å². The fourth-order valence-corrected chi connectivity index (χ4v) is 4.87. The monoisotopic (exact) mass is 427 g/mol. The van der Waals surface area contributed by atoms with Crippen molar-refractivity contribution >= 4 is 11.6 Å². The number of amides is 1. The number of rotatable bonds is 5. The molecule has 2 aromatic carbocycles. The molecule has 5 nitrogen and oxygen atoms in total. The van der Waals surface area contributed by atoms with E-state index < -0.39 is 0 Å². The first kappa shape index (κ1) is 20.7. The van der Waals surface area contributed by atoms with Crippen molar-refractivity contribution < 1.29 is 9.90 Å². The summed E-state index contributed by atoms with van der Waals surface area (Å²) in [6.07, 6.45) is 3.40. The molecule has 1 saturated heterocycles. The summed E-state index contributed by atoms with van der Waals surface area (Å²) in [6.45, 7) is 3.13. The second kappa shape index (κ2) is 8.40. The van der Waals surface area contributed by atoms with Crippen LogP contribution in [0, 0.1) is 6.92 Å². The first-order valence-corrected chi connectivity index (χ1v) is 11.4. The van der Waals surface area contributed by atoms with E-state index in [9.17, 15) is 9.90 Å². The molecule has 3 N–H and O–H groups in total. The second-order valence-corrected chi connectivity index (χ2v) is 9.04. The number of carbonyl (C=O) groups is 1. The zero-order valence-electron chi connectivity index (χ0n) is 18.4. The summed E-state index contributed by atoms with van der Waals surface area (Å²) in [6, 6.07) is 18.5. The summed E-state index contributed by atoms with van der Waals surface area (Å²) in [4.78, 5) is 19.2. The van der Waals surface area contributed by atoms with Gasteiger partial charge in [-0.3, -0.25) is 4.79 Å². The highest BCUT2D eigenvalue weighted by atomic mass is 16.3. The lowest BCUT2D eigenvalue weighted by molar-refractivity contribution is 0.0785. The van der Waals surface area contributed by atoms with Gasteiger partial charge in [0, 0.05) is 19.0 Å². The van der Waals surface area contributed by atoms with Crippen LogP contribution in [0.2, 0.25) is 0 Å². The molecule has 1 saturated carbocycles. The Morgan fingerprint density at radius 3 is 2.62 bits per heavy atom. The van der Waals surface area contributed by atoms with Crippen LogP contribution >= 0.6 is 0 Å². The van der Waals surface area contributed by atoms with Gasteiger partial charge in [0.1, 0.15) is 5.69 Å². The smallest absolute Gasteiger partial charge is 0.272 e. The number of nitrogen functional groups attached to an aromatic ring is 1.